The molecule has 0 saturated carbocycles. The Morgan fingerprint density at radius 1 is 1.19 bits per heavy atom. The van der Waals surface area contributed by atoms with E-state index in [4.69, 9.17) is 9.47 Å². The second kappa shape index (κ2) is 7.86. The molecule has 1 aromatic heterocycles. The number of carbonyl (C=O) groups is 1. The number of halogens is 2. The van der Waals surface area contributed by atoms with Crippen LogP contribution < -0.4 is 4.74 Å². The summed E-state index contributed by atoms with van der Waals surface area (Å²) in [7, 11) is 0. The summed E-state index contributed by atoms with van der Waals surface area (Å²) in [5, 5.41) is 0. The molecule has 0 saturated heterocycles. The van der Waals surface area contributed by atoms with Gasteiger partial charge in [0.2, 0.25) is 5.72 Å². The molecule has 2 aromatic carbocycles. The molecule has 0 fully saturated rings. The molecule has 0 amide bonds. The molecule has 0 bridgehead atoms. The first kappa shape index (κ1) is 18.4. The number of benzene rings is 2. The Labute approximate surface area is 163 Å². The topological polar surface area (TPSA) is 53.4 Å². The first-order chi connectivity index (χ1) is 12.5. The summed E-state index contributed by atoms with van der Waals surface area (Å²) in [4.78, 5) is 16.6. The maximum atomic E-state index is 13.0. The fraction of sp³-hybridized carbons (Fsp3) is 0.158. The van der Waals surface area contributed by atoms with E-state index < -0.39 is 11.7 Å². The van der Waals surface area contributed by atoms with Crippen molar-refractivity contribution in [3.63, 3.8) is 0 Å². The fourth-order valence-corrected chi connectivity index (χ4v) is 2.65. The number of aromatic nitrogens is 2. The first-order valence-corrected chi connectivity index (χ1v) is 8.90. The molecule has 26 heavy (non-hydrogen) atoms. The van der Waals surface area contributed by atoms with Crippen molar-refractivity contribution < 1.29 is 18.7 Å². The zero-order valence-corrected chi connectivity index (χ0v) is 16.1. The monoisotopic (exact) mass is 466 g/mol. The predicted octanol–water partition coefficient (Wildman–Crippen LogP) is 4.24. The third kappa shape index (κ3) is 4.40. The van der Waals surface area contributed by atoms with Gasteiger partial charge in [0.05, 0.1) is 11.9 Å². The largest absolute Gasteiger partial charge is 0.487 e. The van der Waals surface area contributed by atoms with Crippen LogP contribution >= 0.6 is 22.6 Å². The molecule has 0 aliphatic heterocycles. The van der Waals surface area contributed by atoms with Crippen molar-refractivity contribution in [3.05, 3.63) is 82.2 Å². The van der Waals surface area contributed by atoms with Gasteiger partial charge in [0.1, 0.15) is 18.2 Å². The summed E-state index contributed by atoms with van der Waals surface area (Å²) in [5.74, 6) is -0.344. The molecule has 7 heteroatoms. The van der Waals surface area contributed by atoms with Gasteiger partial charge in [-0.05, 0) is 78.0 Å². The molecule has 5 nitrogen and oxygen atoms in total. The molecule has 3 aromatic rings. The summed E-state index contributed by atoms with van der Waals surface area (Å²) in [6.45, 7) is 1.76. The summed E-state index contributed by atoms with van der Waals surface area (Å²) in [6.07, 6.45) is 4.83. The molecule has 1 heterocycles. The predicted molar refractivity (Wildman–Crippen MR) is 102 cm³/mol. The van der Waals surface area contributed by atoms with Crippen molar-refractivity contribution in [1.82, 2.24) is 9.55 Å². The zero-order valence-electron chi connectivity index (χ0n) is 13.9. The Morgan fingerprint density at radius 2 is 1.88 bits per heavy atom. The lowest BCUT2D eigenvalue weighted by atomic mass is 10.2. The maximum absolute atomic E-state index is 13.0. The Kier molecular flexibility index (Phi) is 5.55. The van der Waals surface area contributed by atoms with Crippen LogP contribution in [-0.2, 0) is 10.5 Å². The average Bonchev–Trinajstić information content (AvgIpc) is 3.17. The van der Waals surface area contributed by atoms with Crippen LogP contribution in [0, 0.1) is 9.39 Å². The van der Waals surface area contributed by atoms with Gasteiger partial charge in [0, 0.05) is 16.0 Å². The Morgan fingerprint density at radius 3 is 2.50 bits per heavy atom. The normalized spacial score (nSPS) is 13.0. The number of rotatable bonds is 6. The highest BCUT2D eigenvalue weighted by Crippen LogP contribution is 2.23. The molecule has 0 aliphatic rings. The van der Waals surface area contributed by atoms with Crippen molar-refractivity contribution in [2.24, 2.45) is 0 Å². The van der Waals surface area contributed by atoms with Crippen molar-refractivity contribution in [2.75, 3.05) is 6.61 Å². The first-order valence-electron chi connectivity index (χ1n) is 7.82. The number of carbonyl (C=O) groups excluding carboxylic acids is 1. The van der Waals surface area contributed by atoms with Crippen molar-refractivity contribution in [1.29, 1.82) is 0 Å². The third-order valence-electron chi connectivity index (χ3n) is 3.76. The highest BCUT2D eigenvalue weighted by Gasteiger charge is 2.32. The lowest BCUT2D eigenvalue weighted by Crippen LogP contribution is -2.40. The van der Waals surface area contributed by atoms with Crippen molar-refractivity contribution in [3.8, 4) is 5.75 Å². The van der Waals surface area contributed by atoms with Gasteiger partial charge in [-0.2, -0.15) is 0 Å². The van der Waals surface area contributed by atoms with Crippen molar-refractivity contribution in [2.45, 2.75) is 12.6 Å². The second-order valence-electron chi connectivity index (χ2n) is 5.78. The van der Waals surface area contributed by atoms with E-state index in [0.29, 0.717) is 11.3 Å². The van der Waals surface area contributed by atoms with Gasteiger partial charge in [-0.25, -0.2) is 14.2 Å². The average molecular weight is 466 g/mol. The van der Waals surface area contributed by atoms with Crippen LogP contribution in [0.5, 0.6) is 5.75 Å². The summed E-state index contributed by atoms with van der Waals surface area (Å²) in [5.41, 5.74) is -0.677. The number of hydrogen-bond acceptors (Lipinski definition) is 4. The van der Waals surface area contributed by atoms with Crippen LogP contribution in [0.15, 0.2) is 67.3 Å². The van der Waals surface area contributed by atoms with Gasteiger partial charge >= 0.3 is 5.97 Å². The van der Waals surface area contributed by atoms with Crippen molar-refractivity contribution >= 4 is 28.6 Å². The van der Waals surface area contributed by atoms with E-state index in [2.05, 4.69) is 27.6 Å². The Balaban J connectivity index is 1.78. The summed E-state index contributed by atoms with van der Waals surface area (Å²) < 4.78 is 27.2. The zero-order chi connectivity index (χ0) is 18.6. The van der Waals surface area contributed by atoms with Crippen LogP contribution in [0.1, 0.15) is 17.3 Å². The molecule has 0 aliphatic carbocycles. The minimum Gasteiger partial charge on any atom is -0.487 e. The van der Waals surface area contributed by atoms with E-state index in [1.165, 1.54) is 24.3 Å². The number of nitrogens with zero attached hydrogens (tertiary/aromatic N) is 2. The third-order valence-corrected chi connectivity index (χ3v) is 4.48. The molecule has 1 atom stereocenters. The highest BCUT2D eigenvalue weighted by molar-refractivity contribution is 14.1. The Bertz CT molecular complexity index is 867. The molecule has 134 valence electrons. The lowest BCUT2D eigenvalue weighted by molar-refractivity contribution is -0.0794. The van der Waals surface area contributed by atoms with Gasteiger partial charge in [0.25, 0.3) is 0 Å². The second-order valence-corrected chi connectivity index (χ2v) is 7.03. The fourth-order valence-electron chi connectivity index (χ4n) is 2.29. The highest BCUT2D eigenvalue weighted by atomic mass is 127. The van der Waals surface area contributed by atoms with Gasteiger partial charge in [-0.15, -0.1) is 0 Å². The summed E-state index contributed by atoms with van der Waals surface area (Å²) in [6, 6.07) is 12.7. The van der Waals surface area contributed by atoms with E-state index in [1.54, 1.807) is 42.3 Å². The van der Waals surface area contributed by atoms with E-state index in [-0.39, 0.29) is 12.4 Å². The Hall–Kier alpha value is -2.42. The van der Waals surface area contributed by atoms with Gasteiger partial charge in [-0.3, -0.25) is 4.57 Å². The molecule has 0 radical (unpaired) electrons. The smallest absolute Gasteiger partial charge is 0.340 e. The van der Waals surface area contributed by atoms with Gasteiger partial charge in [0.15, 0.2) is 0 Å². The van der Waals surface area contributed by atoms with Crippen LogP contribution in [0.25, 0.3) is 0 Å². The van der Waals surface area contributed by atoms with Gasteiger partial charge < -0.3 is 9.47 Å². The summed E-state index contributed by atoms with van der Waals surface area (Å²) >= 11 is 2.17. The van der Waals surface area contributed by atoms with E-state index >= 15 is 0 Å². The number of imidazole rings is 1. The van der Waals surface area contributed by atoms with E-state index in [1.807, 2.05) is 12.1 Å². The molecule has 0 spiro atoms. The molecular formula is C19H16FIN2O3. The SMILES string of the molecule is CC(COc1ccc(F)cc1)(OC(=O)c1ccc(I)cc1)n1ccnc1. The maximum Gasteiger partial charge on any atom is 0.340 e. The van der Waals surface area contributed by atoms with Crippen LogP contribution in [0.2, 0.25) is 0 Å². The standard InChI is InChI=1S/C19H16FIN2O3/c1-19(23-11-10-22-13-23,12-25-17-8-4-15(20)5-9-17)26-18(24)14-2-6-16(21)7-3-14/h2-11,13H,12H2,1H3. The number of esters is 1. The molecular weight excluding hydrogens is 450 g/mol. The van der Waals surface area contributed by atoms with E-state index in [0.717, 1.165) is 3.57 Å². The van der Waals surface area contributed by atoms with Crippen LogP contribution in [0.4, 0.5) is 4.39 Å². The number of ether oxygens (including phenoxy) is 2. The van der Waals surface area contributed by atoms with Crippen LogP contribution in [0.3, 0.4) is 0 Å². The minimum atomic E-state index is -1.12. The van der Waals surface area contributed by atoms with Crippen LogP contribution in [-0.4, -0.2) is 22.1 Å². The molecule has 3 rings (SSSR count). The minimum absolute atomic E-state index is 0.0328. The number of hydrogen-bond donors (Lipinski definition) is 0. The van der Waals surface area contributed by atoms with E-state index in [9.17, 15) is 9.18 Å². The molecule has 1 unspecified atom stereocenters. The quantitative estimate of drug-likeness (QED) is 0.403. The van der Waals surface area contributed by atoms with Gasteiger partial charge in [-0.1, -0.05) is 0 Å². The molecule has 0 N–H and O–H groups in total. The lowest BCUT2D eigenvalue weighted by Gasteiger charge is -2.30.